The van der Waals surface area contributed by atoms with Crippen molar-refractivity contribution in [3.05, 3.63) is 94.7 Å². The minimum Gasteiger partial charge on any atom is -0.386 e. The van der Waals surface area contributed by atoms with E-state index in [0.717, 1.165) is 69.3 Å². The fourth-order valence-corrected chi connectivity index (χ4v) is 8.68. The van der Waals surface area contributed by atoms with E-state index in [1.54, 1.807) is 32.0 Å². The lowest BCUT2D eigenvalue weighted by Crippen LogP contribution is -2.51. The Morgan fingerprint density at radius 3 is 2.41 bits per heavy atom. The van der Waals surface area contributed by atoms with Crippen molar-refractivity contribution in [1.82, 2.24) is 34.5 Å². The molecule has 2 aromatic carbocycles. The summed E-state index contributed by atoms with van der Waals surface area (Å²) in [6.07, 6.45) is 7.61. The van der Waals surface area contributed by atoms with Gasteiger partial charge in [0.25, 0.3) is 5.91 Å². The van der Waals surface area contributed by atoms with E-state index in [1.165, 1.54) is 22.8 Å². The molecule has 14 nitrogen and oxygen atoms in total. The number of nitrogens with zero attached hydrogens (tertiary/aromatic N) is 7. The number of carbonyl (C=O) groups is 3. The number of amides is 3. The highest BCUT2D eigenvalue weighted by molar-refractivity contribution is 6.05. The maximum atomic E-state index is 14.9. The van der Waals surface area contributed by atoms with E-state index in [-0.39, 0.29) is 30.4 Å². The zero-order valence-corrected chi connectivity index (χ0v) is 32.5. The number of aliphatic hydroxyl groups is 1. The topological polar surface area (TPSA) is 153 Å². The predicted molar refractivity (Wildman–Crippen MR) is 214 cm³/mol. The van der Waals surface area contributed by atoms with Crippen molar-refractivity contribution in [1.29, 1.82) is 0 Å². The average molecular weight is 793 g/mol. The zero-order valence-electron chi connectivity index (χ0n) is 32.5. The van der Waals surface area contributed by atoms with Crippen LogP contribution < -0.4 is 16.0 Å². The number of rotatable bonds is 10. The highest BCUT2D eigenvalue weighted by Gasteiger charge is 2.33. The molecular weight excluding hydrogens is 747 g/mol. The molecule has 8 rings (SSSR count). The second-order valence-electron chi connectivity index (χ2n) is 16.1. The van der Waals surface area contributed by atoms with Gasteiger partial charge in [0.05, 0.1) is 41.4 Å². The Morgan fingerprint density at radius 2 is 1.72 bits per heavy atom. The van der Waals surface area contributed by atoms with Gasteiger partial charge in [-0.25, -0.2) is 18.1 Å². The largest absolute Gasteiger partial charge is 0.386 e. The van der Waals surface area contributed by atoms with Gasteiger partial charge in [0.1, 0.15) is 17.3 Å². The summed E-state index contributed by atoms with van der Waals surface area (Å²) in [5, 5.41) is 29.4. The Hall–Kier alpha value is -5.76. The normalized spacial score (nSPS) is 20.9. The van der Waals surface area contributed by atoms with Gasteiger partial charge in [-0.05, 0) is 88.4 Å². The van der Waals surface area contributed by atoms with Crippen molar-refractivity contribution < 1.29 is 28.3 Å². The number of piperidine rings is 1. The summed E-state index contributed by atoms with van der Waals surface area (Å²) in [7, 11) is 0. The molecule has 0 radical (unpaired) electrons. The number of nitrogens with one attached hydrogen (secondary N) is 3. The van der Waals surface area contributed by atoms with Crippen LogP contribution in [0.3, 0.4) is 0 Å². The molecule has 0 unspecified atom stereocenters. The van der Waals surface area contributed by atoms with Crippen molar-refractivity contribution in [3.8, 4) is 0 Å². The minimum absolute atomic E-state index is 0.0480. The second kappa shape index (κ2) is 15.9. The molecular formula is C42H46F2N10O4. The highest BCUT2D eigenvalue weighted by atomic mass is 19.1. The lowest BCUT2D eigenvalue weighted by Gasteiger charge is -2.42. The van der Waals surface area contributed by atoms with E-state index >= 15 is 0 Å². The van der Waals surface area contributed by atoms with Crippen LogP contribution in [-0.4, -0.2) is 97.3 Å². The molecule has 16 heteroatoms. The van der Waals surface area contributed by atoms with E-state index in [4.69, 9.17) is 11.7 Å². The van der Waals surface area contributed by atoms with Crippen molar-refractivity contribution in [3.63, 3.8) is 0 Å². The molecule has 5 aromatic rings. The second-order valence-corrected chi connectivity index (χ2v) is 16.1. The summed E-state index contributed by atoms with van der Waals surface area (Å²) in [5.74, 6) is -4.10. The molecule has 4 N–H and O–H groups in total. The van der Waals surface area contributed by atoms with Crippen LogP contribution in [0.5, 0.6) is 0 Å². The van der Waals surface area contributed by atoms with Crippen LogP contribution in [0.25, 0.3) is 21.3 Å². The first-order chi connectivity index (χ1) is 27.8. The van der Waals surface area contributed by atoms with Gasteiger partial charge >= 0.3 is 0 Å². The summed E-state index contributed by atoms with van der Waals surface area (Å²) in [6, 6.07) is 11.9. The monoisotopic (exact) mass is 792 g/mol. The van der Waals surface area contributed by atoms with E-state index in [0.29, 0.717) is 46.4 Å². The van der Waals surface area contributed by atoms with Crippen molar-refractivity contribution in [2.24, 2.45) is 0 Å². The maximum absolute atomic E-state index is 14.9. The van der Waals surface area contributed by atoms with Crippen molar-refractivity contribution in [2.45, 2.75) is 76.0 Å². The van der Waals surface area contributed by atoms with Crippen molar-refractivity contribution in [2.75, 3.05) is 49.9 Å². The smallest absolute Gasteiger partial charge is 0.274 e. The molecule has 3 fully saturated rings. The minimum atomic E-state index is -1.25. The number of aromatic nitrogens is 4. The molecule has 1 atom stereocenters. The predicted octanol–water partition coefficient (Wildman–Crippen LogP) is 5.73. The van der Waals surface area contributed by atoms with Crippen LogP contribution in [0.1, 0.15) is 85.9 Å². The molecule has 3 amide bonds. The molecule has 1 aliphatic carbocycles. The Balaban J connectivity index is 0.835. The first-order valence-electron chi connectivity index (χ1n) is 19.8. The lowest BCUT2D eigenvalue weighted by atomic mass is 9.89. The number of hydrogen-bond acceptors (Lipinski definition) is 9. The van der Waals surface area contributed by atoms with Gasteiger partial charge in [0.15, 0.2) is 0 Å². The van der Waals surface area contributed by atoms with E-state index in [9.17, 15) is 28.3 Å². The number of piperazine rings is 1. The Labute approximate surface area is 334 Å². The van der Waals surface area contributed by atoms with Crippen LogP contribution in [0.4, 0.5) is 25.8 Å². The number of anilines is 2. The first kappa shape index (κ1) is 39.1. The fourth-order valence-electron chi connectivity index (χ4n) is 8.68. The number of fused-ring (bicyclic) bond motifs is 2. The van der Waals surface area contributed by atoms with Crippen LogP contribution in [0.2, 0.25) is 0 Å². The van der Waals surface area contributed by atoms with Gasteiger partial charge in [0.2, 0.25) is 17.5 Å². The summed E-state index contributed by atoms with van der Waals surface area (Å²) in [6.45, 7) is 15.5. The van der Waals surface area contributed by atoms with E-state index < -0.39 is 35.0 Å². The number of halogens is 2. The Bertz CT molecular complexity index is 2410. The third-order valence-corrected chi connectivity index (χ3v) is 11.8. The first-order valence-corrected chi connectivity index (χ1v) is 19.8. The standard InChI is InChI=1S/C42H46F2N10O4/c1-42(2,58)32-22-35-25(18-36(32)48-41(57)37-10-8-30-19-27(45-3)23-47-54(30)37)24-53(50-35)29-6-4-28(5-7-29)52-16-14-51(15-17-52)13-12-46-26-20-33(43)39(34(44)21-26)31-9-11-38(55)49-40(31)56/h8,10,18-24,28-29,31,46,58H,4-7,9,11-17H2,1-2H3,(H,48,57)(H,49,55,56)/t28?,29?,31-/m1/s1. The summed E-state index contributed by atoms with van der Waals surface area (Å²) < 4.78 is 33.4. The van der Waals surface area contributed by atoms with Crippen LogP contribution >= 0.6 is 0 Å². The molecule has 0 bridgehead atoms. The fraction of sp³-hybridized carbons (Fsp3) is 0.429. The van der Waals surface area contributed by atoms with E-state index in [1.807, 2.05) is 23.0 Å². The molecule has 302 valence electrons. The van der Waals surface area contributed by atoms with Crippen molar-refractivity contribution >= 4 is 51.2 Å². The zero-order chi connectivity index (χ0) is 40.7. The summed E-state index contributed by atoms with van der Waals surface area (Å²) in [5.41, 5.74) is 1.86. The summed E-state index contributed by atoms with van der Waals surface area (Å²) in [4.78, 5) is 45.5. The molecule has 2 aliphatic heterocycles. The number of carbonyl (C=O) groups excluding carboxylic acids is 3. The SMILES string of the molecule is [C-]#[N+]c1cnn2c(C(=O)Nc3cc4cn(C5CCC(N6CCN(CCNc7cc(F)c([C@H]8CCC(=O)NC8=O)c(F)c7)CC6)CC5)nc4cc3C(C)(C)O)ccc2c1. The molecule has 5 heterocycles. The molecule has 58 heavy (non-hydrogen) atoms. The Morgan fingerprint density at radius 1 is 1.00 bits per heavy atom. The van der Waals surface area contributed by atoms with Crippen LogP contribution in [-0.2, 0) is 15.2 Å². The van der Waals surface area contributed by atoms with Gasteiger partial charge in [-0.1, -0.05) is 0 Å². The molecule has 3 aliphatic rings. The molecule has 1 saturated carbocycles. The lowest BCUT2D eigenvalue weighted by molar-refractivity contribution is -0.134. The van der Waals surface area contributed by atoms with Gasteiger partial charge in [-0.2, -0.15) is 10.2 Å². The van der Waals surface area contributed by atoms with Crippen LogP contribution in [0.15, 0.2) is 54.9 Å². The van der Waals surface area contributed by atoms with Gasteiger partial charge in [-0.15, -0.1) is 0 Å². The molecule has 0 spiro atoms. The number of benzene rings is 2. The maximum Gasteiger partial charge on any atom is 0.274 e. The third-order valence-electron chi connectivity index (χ3n) is 11.8. The molecule has 2 saturated heterocycles. The highest BCUT2D eigenvalue weighted by Crippen LogP contribution is 2.36. The van der Waals surface area contributed by atoms with Gasteiger partial charge in [-0.3, -0.25) is 34.2 Å². The average Bonchev–Trinajstić information content (AvgIpc) is 3.82. The van der Waals surface area contributed by atoms with Gasteiger partial charge < -0.3 is 15.7 Å². The van der Waals surface area contributed by atoms with E-state index in [2.05, 4.69) is 35.7 Å². The summed E-state index contributed by atoms with van der Waals surface area (Å²) >= 11 is 0. The Kier molecular flexibility index (Phi) is 10.7. The third kappa shape index (κ3) is 8.02. The van der Waals surface area contributed by atoms with Gasteiger partial charge in [0, 0.05) is 85.8 Å². The number of hydrogen-bond donors (Lipinski definition) is 4. The molecule has 3 aromatic heterocycles. The van der Waals surface area contributed by atoms with Crippen LogP contribution in [0, 0.1) is 18.2 Å². The number of imide groups is 1. The quantitative estimate of drug-likeness (QED) is 0.103.